The molecule has 1 heterocycles. The molecule has 0 aromatic carbocycles. The van der Waals surface area contributed by atoms with Crippen LogP contribution in [0.3, 0.4) is 0 Å². The molecule has 1 fully saturated rings. The molecule has 0 spiro atoms. The number of allylic oxidation sites excluding steroid dienone is 2. The summed E-state index contributed by atoms with van der Waals surface area (Å²) in [5, 5.41) is 0. The summed E-state index contributed by atoms with van der Waals surface area (Å²) < 4.78 is 5.96. The summed E-state index contributed by atoms with van der Waals surface area (Å²) in [5.41, 5.74) is 0.487. The van der Waals surface area contributed by atoms with E-state index in [0.29, 0.717) is 6.10 Å². The van der Waals surface area contributed by atoms with Crippen LogP contribution in [0.1, 0.15) is 60.3 Å². The van der Waals surface area contributed by atoms with Crippen molar-refractivity contribution in [2.24, 2.45) is 5.41 Å². The summed E-state index contributed by atoms with van der Waals surface area (Å²) in [7, 11) is 0. The molecule has 0 aromatic rings. The maximum absolute atomic E-state index is 5.96. The van der Waals surface area contributed by atoms with Crippen molar-refractivity contribution in [2.75, 3.05) is 0 Å². The molecule has 1 unspecified atom stereocenters. The number of hydrogen-bond acceptors (Lipinski definition) is 1. The minimum atomic E-state index is 0.198. The smallest absolute Gasteiger partial charge is 0.0948 e. The van der Waals surface area contributed by atoms with Gasteiger partial charge in [0.05, 0.1) is 11.7 Å². The lowest BCUT2D eigenvalue weighted by Gasteiger charge is -2.22. The molecule has 1 atom stereocenters. The molecule has 1 rings (SSSR count). The fourth-order valence-electron chi connectivity index (χ4n) is 2.52. The first-order valence-electron chi connectivity index (χ1n) is 6.35. The van der Waals surface area contributed by atoms with Gasteiger partial charge in [0.15, 0.2) is 0 Å². The van der Waals surface area contributed by atoms with E-state index in [0.717, 1.165) is 25.7 Å². The maximum Gasteiger partial charge on any atom is 0.0948 e. The normalized spacial score (nSPS) is 24.7. The van der Waals surface area contributed by atoms with Crippen LogP contribution in [0.4, 0.5) is 0 Å². The summed E-state index contributed by atoms with van der Waals surface area (Å²) in [6.07, 6.45) is 9.58. The standard InChI is InChI=1S/C14H26O/c1-6-9-10-11-13(4,5)12-14(7-2,8-3)15-12/h9-10,12H,6-8,11H2,1-5H3. The molecule has 0 aromatic heterocycles. The van der Waals surface area contributed by atoms with E-state index in [1.807, 2.05) is 0 Å². The minimum absolute atomic E-state index is 0.198. The lowest BCUT2D eigenvalue weighted by Crippen LogP contribution is -2.26. The molecule has 0 aliphatic carbocycles. The Morgan fingerprint density at radius 1 is 1.13 bits per heavy atom. The van der Waals surface area contributed by atoms with Gasteiger partial charge in [-0.1, -0.05) is 46.8 Å². The van der Waals surface area contributed by atoms with Gasteiger partial charge in [-0.15, -0.1) is 0 Å². The Labute approximate surface area is 94.9 Å². The van der Waals surface area contributed by atoms with Gasteiger partial charge in [0.25, 0.3) is 0 Å². The second-order valence-electron chi connectivity index (χ2n) is 5.34. The van der Waals surface area contributed by atoms with Gasteiger partial charge in [-0.25, -0.2) is 0 Å². The Kier molecular flexibility index (Phi) is 3.99. The van der Waals surface area contributed by atoms with Gasteiger partial charge in [-0.3, -0.25) is 0 Å². The quantitative estimate of drug-likeness (QED) is 0.469. The molecule has 88 valence electrons. The second-order valence-corrected chi connectivity index (χ2v) is 5.34. The van der Waals surface area contributed by atoms with Crippen molar-refractivity contribution in [2.45, 2.75) is 72.0 Å². The highest BCUT2D eigenvalue weighted by atomic mass is 16.6. The van der Waals surface area contributed by atoms with E-state index in [4.69, 9.17) is 4.74 Å². The lowest BCUT2D eigenvalue weighted by atomic mass is 9.78. The van der Waals surface area contributed by atoms with Crippen LogP contribution in [0.25, 0.3) is 0 Å². The molecular weight excluding hydrogens is 184 g/mol. The number of ether oxygens (including phenoxy) is 1. The minimum Gasteiger partial charge on any atom is -0.365 e. The van der Waals surface area contributed by atoms with Crippen molar-refractivity contribution in [3.05, 3.63) is 12.2 Å². The highest BCUT2D eigenvalue weighted by Crippen LogP contribution is 2.52. The molecule has 0 radical (unpaired) electrons. The van der Waals surface area contributed by atoms with Crippen LogP contribution < -0.4 is 0 Å². The third-order valence-electron chi connectivity index (χ3n) is 3.73. The summed E-state index contributed by atoms with van der Waals surface area (Å²) >= 11 is 0. The summed E-state index contributed by atoms with van der Waals surface area (Å²) in [4.78, 5) is 0. The Balaban J connectivity index is 2.53. The third-order valence-corrected chi connectivity index (χ3v) is 3.73. The van der Waals surface area contributed by atoms with Crippen molar-refractivity contribution in [1.29, 1.82) is 0 Å². The zero-order chi connectivity index (χ0) is 11.5. The van der Waals surface area contributed by atoms with E-state index in [1.165, 1.54) is 0 Å². The second kappa shape index (κ2) is 4.69. The predicted octanol–water partition coefficient (Wildman–Crippen LogP) is 4.33. The summed E-state index contributed by atoms with van der Waals surface area (Å²) in [5.74, 6) is 0. The van der Waals surface area contributed by atoms with Crippen LogP contribution in [0.2, 0.25) is 0 Å². The fourth-order valence-corrected chi connectivity index (χ4v) is 2.52. The van der Waals surface area contributed by atoms with E-state index in [9.17, 15) is 0 Å². The van der Waals surface area contributed by atoms with Gasteiger partial charge in [-0.05, 0) is 31.1 Å². The number of epoxide rings is 1. The lowest BCUT2D eigenvalue weighted by molar-refractivity contribution is 0.228. The maximum atomic E-state index is 5.96. The molecule has 0 saturated carbocycles. The van der Waals surface area contributed by atoms with E-state index in [-0.39, 0.29) is 11.0 Å². The zero-order valence-corrected chi connectivity index (χ0v) is 11.0. The zero-order valence-electron chi connectivity index (χ0n) is 11.0. The monoisotopic (exact) mass is 210 g/mol. The molecular formula is C14H26O. The Morgan fingerprint density at radius 3 is 2.13 bits per heavy atom. The van der Waals surface area contributed by atoms with Gasteiger partial charge < -0.3 is 4.74 Å². The summed E-state index contributed by atoms with van der Waals surface area (Å²) in [6.45, 7) is 11.3. The van der Waals surface area contributed by atoms with Crippen LogP contribution in [0.5, 0.6) is 0 Å². The molecule has 1 nitrogen and oxygen atoms in total. The van der Waals surface area contributed by atoms with Gasteiger partial charge in [0, 0.05) is 0 Å². The van der Waals surface area contributed by atoms with Crippen molar-refractivity contribution in [3.8, 4) is 0 Å². The fraction of sp³-hybridized carbons (Fsp3) is 0.857. The number of rotatable bonds is 6. The highest BCUT2D eigenvalue weighted by Gasteiger charge is 2.59. The van der Waals surface area contributed by atoms with Crippen LogP contribution in [-0.2, 0) is 4.74 Å². The van der Waals surface area contributed by atoms with Gasteiger partial charge in [-0.2, -0.15) is 0 Å². The van der Waals surface area contributed by atoms with E-state index in [1.54, 1.807) is 0 Å². The third kappa shape index (κ3) is 2.63. The van der Waals surface area contributed by atoms with Crippen molar-refractivity contribution >= 4 is 0 Å². The number of hydrogen-bond donors (Lipinski definition) is 0. The van der Waals surface area contributed by atoms with Crippen molar-refractivity contribution in [3.63, 3.8) is 0 Å². The molecule has 1 aliphatic rings. The van der Waals surface area contributed by atoms with Gasteiger partial charge in [0.2, 0.25) is 0 Å². The van der Waals surface area contributed by atoms with Crippen LogP contribution >= 0.6 is 0 Å². The van der Waals surface area contributed by atoms with Crippen LogP contribution in [0.15, 0.2) is 12.2 Å². The molecule has 1 aliphatic heterocycles. The van der Waals surface area contributed by atoms with Crippen molar-refractivity contribution < 1.29 is 4.74 Å². The molecule has 15 heavy (non-hydrogen) atoms. The van der Waals surface area contributed by atoms with E-state index >= 15 is 0 Å². The Bertz CT molecular complexity index is 223. The van der Waals surface area contributed by atoms with Gasteiger partial charge in [0.1, 0.15) is 0 Å². The SMILES string of the molecule is CCC=CCC(C)(C)C1OC1(CC)CC. The largest absolute Gasteiger partial charge is 0.365 e. The average Bonchev–Trinajstić information content (AvgIpc) is 2.94. The first-order valence-corrected chi connectivity index (χ1v) is 6.35. The van der Waals surface area contributed by atoms with Gasteiger partial charge >= 0.3 is 0 Å². The topological polar surface area (TPSA) is 12.5 Å². The molecule has 0 N–H and O–H groups in total. The first kappa shape index (κ1) is 12.8. The molecule has 1 heteroatoms. The molecule has 1 saturated heterocycles. The van der Waals surface area contributed by atoms with E-state index < -0.39 is 0 Å². The molecule has 0 bridgehead atoms. The van der Waals surface area contributed by atoms with Crippen LogP contribution in [0, 0.1) is 5.41 Å². The highest BCUT2D eigenvalue weighted by molar-refractivity contribution is 5.09. The first-order chi connectivity index (χ1) is 7.02. The van der Waals surface area contributed by atoms with E-state index in [2.05, 4.69) is 46.8 Å². The Hall–Kier alpha value is -0.300. The molecule has 0 amide bonds. The summed E-state index contributed by atoms with van der Waals surface area (Å²) in [6, 6.07) is 0. The van der Waals surface area contributed by atoms with Crippen molar-refractivity contribution in [1.82, 2.24) is 0 Å². The van der Waals surface area contributed by atoms with Crippen LogP contribution in [-0.4, -0.2) is 11.7 Å². The predicted molar refractivity (Wildman–Crippen MR) is 66.0 cm³/mol. The average molecular weight is 210 g/mol. The Morgan fingerprint density at radius 2 is 1.73 bits per heavy atom.